The van der Waals surface area contributed by atoms with E-state index in [2.05, 4.69) is 10.3 Å². The van der Waals surface area contributed by atoms with Crippen LogP contribution >= 0.6 is 11.6 Å². The van der Waals surface area contributed by atoms with Crippen LogP contribution in [0.5, 0.6) is 0 Å². The number of pyridine rings is 1. The Labute approximate surface area is 162 Å². The molecule has 0 unspecified atom stereocenters. The topological polar surface area (TPSA) is 68.3 Å². The highest BCUT2D eigenvalue weighted by molar-refractivity contribution is 6.33. The Morgan fingerprint density at radius 2 is 1.93 bits per heavy atom. The van der Waals surface area contributed by atoms with Crippen LogP contribution in [0, 0.1) is 6.92 Å². The second kappa shape index (κ2) is 7.76. The van der Waals surface area contributed by atoms with Crippen molar-refractivity contribution >= 4 is 40.1 Å². The average Bonchev–Trinajstić information content (AvgIpc) is 2.68. The normalized spacial score (nSPS) is 10.7. The van der Waals surface area contributed by atoms with Crippen molar-refractivity contribution in [2.45, 2.75) is 20.3 Å². The Morgan fingerprint density at radius 1 is 1.19 bits per heavy atom. The number of aromatic nitrogens is 1. The number of benzene rings is 2. The van der Waals surface area contributed by atoms with E-state index in [1.54, 1.807) is 12.1 Å². The summed E-state index contributed by atoms with van der Waals surface area (Å²) in [6, 6.07) is 12.3. The zero-order valence-electron chi connectivity index (χ0n) is 15.3. The molecule has 27 heavy (non-hydrogen) atoms. The molecule has 0 radical (unpaired) electrons. The maximum absolute atomic E-state index is 13.1. The first kappa shape index (κ1) is 18.9. The van der Waals surface area contributed by atoms with Gasteiger partial charge in [-0.05, 0) is 43.2 Å². The standard InChI is InChI=1S/C21H19ClN2O3/c1-4-17-12(2)19(14-7-5-6-8-18(14)24-17)20(25)23-13-9-10-16(22)15(11-13)21(26)27-3/h5-11H,4H2,1-3H3,(H,23,25). The van der Waals surface area contributed by atoms with Gasteiger partial charge in [-0.25, -0.2) is 4.79 Å². The molecule has 6 heteroatoms. The van der Waals surface area contributed by atoms with Gasteiger partial charge in [0.2, 0.25) is 0 Å². The molecule has 0 spiro atoms. The number of methoxy groups -OCH3 is 1. The van der Waals surface area contributed by atoms with Gasteiger partial charge in [0, 0.05) is 16.8 Å². The van der Waals surface area contributed by atoms with Crippen molar-refractivity contribution in [3.05, 3.63) is 69.9 Å². The first-order valence-corrected chi connectivity index (χ1v) is 8.91. The van der Waals surface area contributed by atoms with Gasteiger partial charge in [0.25, 0.3) is 5.91 Å². The fourth-order valence-electron chi connectivity index (χ4n) is 3.06. The predicted molar refractivity (Wildman–Crippen MR) is 107 cm³/mol. The molecule has 1 N–H and O–H groups in total. The molecule has 2 aromatic carbocycles. The number of halogens is 1. The van der Waals surface area contributed by atoms with E-state index < -0.39 is 5.97 Å². The molecule has 0 aliphatic carbocycles. The summed E-state index contributed by atoms with van der Waals surface area (Å²) in [6.07, 6.45) is 0.727. The van der Waals surface area contributed by atoms with Gasteiger partial charge in [0.15, 0.2) is 0 Å². The molecule has 1 heterocycles. The van der Waals surface area contributed by atoms with Crippen molar-refractivity contribution in [2.24, 2.45) is 0 Å². The molecule has 3 rings (SSSR count). The Balaban J connectivity index is 2.05. The second-order valence-corrected chi connectivity index (χ2v) is 6.48. The molecular formula is C21H19ClN2O3. The number of amides is 1. The van der Waals surface area contributed by atoms with E-state index in [1.807, 2.05) is 38.1 Å². The van der Waals surface area contributed by atoms with Crippen molar-refractivity contribution in [3.8, 4) is 0 Å². The summed E-state index contributed by atoms with van der Waals surface area (Å²) >= 11 is 6.04. The number of rotatable bonds is 4. The summed E-state index contributed by atoms with van der Waals surface area (Å²) in [5.41, 5.74) is 3.73. The molecule has 0 aliphatic heterocycles. The van der Waals surface area contributed by atoms with Crippen LogP contribution in [0.2, 0.25) is 5.02 Å². The highest BCUT2D eigenvalue weighted by atomic mass is 35.5. The summed E-state index contributed by atoms with van der Waals surface area (Å²) in [4.78, 5) is 29.5. The molecule has 0 saturated carbocycles. The molecule has 5 nitrogen and oxygen atoms in total. The number of para-hydroxylation sites is 1. The lowest BCUT2D eigenvalue weighted by atomic mass is 9.99. The number of fused-ring (bicyclic) bond motifs is 1. The number of hydrogen-bond acceptors (Lipinski definition) is 4. The number of nitrogens with one attached hydrogen (secondary N) is 1. The SMILES string of the molecule is CCc1nc2ccccc2c(C(=O)Nc2ccc(Cl)c(C(=O)OC)c2)c1C. The monoisotopic (exact) mass is 382 g/mol. The van der Waals surface area contributed by atoms with Gasteiger partial charge in [-0.15, -0.1) is 0 Å². The van der Waals surface area contributed by atoms with Crippen LogP contribution in [0.25, 0.3) is 10.9 Å². The van der Waals surface area contributed by atoms with Crippen LogP contribution < -0.4 is 5.32 Å². The zero-order valence-corrected chi connectivity index (χ0v) is 16.1. The van der Waals surface area contributed by atoms with Crippen LogP contribution in [-0.4, -0.2) is 24.0 Å². The lowest BCUT2D eigenvalue weighted by Gasteiger charge is -2.14. The predicted octanol–water partition coefficient (Wildman–Crippen LogP) is 4.80. The van der Waals surface area contributed by atoms with E-state index in [9.17, 15) is 9.59 Å². The van der Waals surface area contributed by atoms with Crippen LogP contribution in [0.15, 0.2) is 42.5 Å². The van der Waals surface area contributed by atoms with Crippen LogP contribution in [0.1, 0.15) is 38.9 Å². The number of ether oxygens (including phenoxy) is 1. The molecule has 0 atom stereocenters. The lowest BCUT2D eigenvalue weighted by Crippen LogP contribution is -2.16. The fourth-order valence-corrected chi connectivity index (χ4v) is 3.25. The van der Waals surface area contributed by atoms with Crippen molar-refractivity contribution in [3.63, 3.8) is 0 Å². The molecule has 0 aliphatic rings. The molecule has 1 aromatic heterocycles. The number of anilines is 1. The number of carbonyl (C=O) groups is 2. The van der Waals surface area contributed by atoms with Crippen molar-refractivity contribution in [2.75, 3.05) is 12.4 Å². The minimum atomic E-state index is -0.560. The van der Waals surface area contributed by atoms with Gasteiger partial charge in [0.1, 0.15) is 0 Å². The van der Waals surface area contributed by atoms with Crippen LogP contribution in [-0.2, 0) is 11.2 Å². The summed E-state index contributed by atoms with van der Waals surface area (Å²) in [6.45, 7) is 3.91. The van der Waals surface area contributed by atoms with E-state index in [4.69, 9.17) is 16.3 Å². The first-order chi connectivity index (χ1) is 13.0. The van der Waals surface area contributed by atoms with Gasteiger partial charge < -0.3 is 10.1 Å². The number of aryl methyl sites for hydroxylation is 1. The average molecular weight is 383 g/mol. The maximum Gasteiger partial charge on any atom is 0.339 e. The number of carbonyl (C=O) groups excluding carboxylic acids is 2. The maximum atomic E-state index is 13.1. The lowest BCUT2D eigenvalue weighted by molar-refractivity contribution is 0.0600. The highest BCUT2D eigenvalue weighted by Crippen LogP contribution is 2.26. The fraction of sp³-hybridized carbons (Fsp3) is 0.190. The van der Waals surface area contributed by atoms with Gasteiger partial charge in [-0.1, -0.05) is 36.7 Å². The van der Waals surface area contributed by atoms with E-state index in [-0.39, 0.29) is 16.5 Å². The summed E-state index contributed by atoms with van der Waals surface area (Å²) in [5, 5.41) is 3.90. The molecule has 0 bridgehead atoms. The summed E-state index contributed by atoms with van der Waals surface area (Å²) in [5.74, 6) is -0.825. The van der Waals surface area contributed by atoms with E-state index in [0.29, 0.717) is 11.3 Å². The summed E-state index contributed by atoms with van der Waals surface area (Å²) in [7, 11) is 1.28. The third-order valence-corrected chi connectivity index (χ3v) is 4.76. The summed E-state index contributed by atoms with van der Waals surface area (Å²) < 4.78 is 4.72. The van der Waals surface area contributed by atoms with Gasteiger partial charge >= 0.3 is 5.97 Å². The smallest absolute Gasteiger partial charge is 0.339 e. The quantitative estimate of drug-likeness (QED) is 0.658. The third-order valence-electron chi connectivity index (χ3n) is 4.43. The van der Waals surface area contributed by atoms with Crippen LogP contribution in [0.3, 0.4) is 0 Å². The second-order valence-electron chi connectivity index (χ2n) is 6.07. The molecule has 0 saturated heterocycles. The van der Waals surface area contributed by atoms with Crippen LogP contribution in [0.4, 0.5) is 5.69 Å². The molecule has 138 valence electrons. The molecular weight excluding hydrogens is 364 g/mol. The van der Waals surface area contributed by atoms with Gasteiger partial charge in [-0.3, -0.25) is 9.78 Å². The number of esters is 1. The minimum Gasteiger partial charge on any atom is -0.465 e. The van der Waals surface area contributed by atoms with Crippen molar-refractivity contribution in [1.29, 1.82) is 0 Å². The largest absolute Gasteiger partial charge is 0.465 e. The van der Waals surface area contributed by atoms with Gasteiger partial charge in [-0.2, -0.15) is 0 Å². The van der Waals surface area contributed by atoms with Gasteiger partial charge in [0.05, 0.1) is 28.8 Å². The Bertz CT molecular complexity index is 1050. The van der Waals surface area contributed by atoms with E-state index in [1.165, 1.54) is 13.2 Å². The Kier molecular flexibility index (Phi) is 5.42. The van der Waals surface area contributed by atoms with Crippen molar-refractivity contribution in [1.82, 2.24) is 4.98 Å². The van der Waals surface area contributed by atoms with E-state index >= 15 is 0 Å². The Morgan fingerprint density at radius 3 is 2.63 bits per heavy atom. The first-order valence-electron chi connectivity index (χ1n) is 8.53. The third kappa shape index (κ3) is 3.64. The minimum absolute atomic E-state index is 0.197. The zero-order chi connectivity index (χ0) is 19.6. The van der Waals surface area contributed by atoms with Crippen molar-refractivity contribution < 1.29 is 14.3 Å². The molecule has 3 aromatic rings. The number of nitrogens with zero attached hydrogens (tertiary/aromatic N) is 1. The highest BCUT2D eigenvalue weighted by Gasteiger charge is 2.18. The van der Waals surface area contributed by atoms with E-state index in [0.717, 1.165) is 28.6 Å². The molecule has 0 fully saturated rings. The number of hydrogen-bond donors (Lipinski definition) is 1. The Hall–Kier alpha value is -2.92. The molecule has 1 amide bonds.